The molecule has 0 aliphatic rings. The monoisotopic (exact) mass is 444 g/mol. The molecule has 152 valence electrons. The molecule has 2 amide bonds. The Kier molecular flexibility index (Phi) is 6.14. The maximum atomic E-state index is 12.5. The standard InChI is InChI=1S/C18H12ClF3N2O4S/c19-10-3-4-12(28-9-18(20,21)22)11(8-10)23-17(26)14-5-6-15(29-14)24-16(25)13-2-1-7-27-13/h1-8H,9H2,(H,23,26)(H,24,25). The van der Waals surface area contributed by atoms with Crippen LogP contribution in [0.1, 0.15) is 20.2 Å². The number of furan rings is 1. The van der Waals surface area contributed by atoms with Crippen LogP contribution >= 0.6 is 22.9 Å². The van der Waals surface area contributed by atoms with Crippen LogP contribution in [0, 0.1) is 0 Å². The first kappa shape index (κ1) is 20.7. The number of anilines is 2. The number of rotatable bonds is 6. The minimum atomic E-state index is -4.53. The number of amides is 2. The average molecular weight is 445 g/mol. The number of thiophene rings is 1. The van der Waals surface area contributed by atoms with Gasteiger partial charge in [-0.3, -0.25) is 9.59 Å². The lowest BCUT2D eigenvalue weighted by atomic mass is 10.3. The highest BCUT2D eigenvalue weighted by Gasteiger charge is 2.29. The molecule has 11 heteroatoms. The molecule has 0 spiro atoms. The van der Waals surface area contributed by atoms with Crippen LogP contribution < -0.4 is 15.4 Å². The first-order chi connectivity index (χ1) is 13.7. The largest absolute Gasteiger partial charge is 0.482 e. The van der Waals surface area contributed by atoms with E-state index in [9.17, 15) is 22.8 Å². The molecule has 3 aromatic rings. The number of benzene rings is 1. The van der Waals surface area contributed by atoms with E-state index in [1.807, 2.05) is 0 Å². The van der Waals surface area contributed by atoms with Gasteiger partial charge in [0, 0.05) is 5.02 Å². The van der Waals surface area contributed by atoms with Gasteiger partial charge in [-0.15, -0.1) is 11.3 Å². The van der Waals surface area contributed by atoms with Crippen LogP contribution in [0.3, 0.4) is 0 Å². The second kappa shape index (κ2) is 8.58. The van der Waals surface area contributed by atoms with Gasteiger partial charge >= 0.3 is 6.18 Å². The van der Waals surface area contributed by atoms with Crippen LogP contribution in [0.15, 0.2) is 53.1 Å². The number of halogens is 4. The van der Waals surface area contributed by atoms with Crippen molar-refractivity contribution in [2.45, 2.75) is 6.18 Å². The molecule has 0 saturated carbocycles. The molecule has 0 radical (unpaired) electrons. The van der Waals surface area contributed by atoms with Crippen molar-refractivity contribution in [3.8, 4) is 5.75 Å². The van der Waals surface area contributed by atoms with Gasteiger partial charge in [0.2, 0.25) is 0 Å². The number of carbonyl (C=O) groups excluding carboxylic acids is 2. The molecule has 1 aromatic carbocycles. The number of carbonyl (C=O) groups is 2. The van der Waals surface area contributed by atoms with Crippen molar-refractivity contribution >= 4 is 45.4 Å². The lowest BCUT2D eigenvalue weighted by Crippen LogP contribution is -2.20. The highest BCUT2D eigenvalue weighted by Crippen LogP contribution is 2.31. The highest BCUT2D eigenvalue weighted by atomic mass is 35.5. The van der Waals surface area contributed by atoms with E-state index >= 15 is 0 Å². The summed E-state index contributed by atoms with van der Waals surface area (Å²) in [4.78, 5) is 24.6. The van der Waals surface area contributed by atoms with Crippen molar-refractivity contribution in [2.24, 2.45) is 0 Å². The SMILES string of the molecule is O=C(Nc1ccc(C(=O)Nc2cc(Cl)ccc2OCC(F)(F)F)s1)c1ccco1. The van der Waals surface area contributed by atoms with Crippen molar-refractivity contribution in [1.29, 1.82) is 0 Å². The molecule has 29 heavy (non-hydrogen) atoms. The summed E-state index contributed by atoms with van der Waals surface area (Å²) in [6.45, 7) is -1.51. The van der Waals surface area contributed by atoms with Crippen molar-refractivity contribution in [3.05, 3.63) is 64.4 Å². The fourth-order valence-corrected chi connectivity index (χ4v) is 3.15. The van der Waals surface area contributed by atoms with E-state index in [-0.39, 0.29) is 27.1 Å². The Balaban J connectivity index is 1.70. The lowest BCUT2D eigenvalue weighted by molar-refractivity contribution is -0.153. The zero-order valence-corrected chi connectivity index (χ0v) is 16.0. The number of hydrogen-bond donors (Lipinski definition) is 2. The van der Waals surface area contributed by atoms with E-state index in [1.165, 1.54) is 42.7 Å². The number of nitrogens with one attached hydrogen (secondary N) is 2. The van der Waals surface area contributed by atoms with Crippen LogP contribution in [0.5, 0.6) is 5.75 Å². The molecule has 0 aliphatic heterocycles. The van der Waals surface area contributed by atoms with Crippen molar-refractivity contribution in [3.63, 3.8) is 0 Å². The molecule has 2 aromatic heterocycles. The van der Waals surface area contributed by atoms with Gasteiger partial charge < -0.3 is 19.8 Å². The number of alkyl halides is 3. The first-order valence-electron chi connectivity index (χ1n) is 7.96. The van der Waals surface area contributed by atoms with Crippen molar-refractivity contribution < 1.29 is 31.9 Å². The Bertz CT molecular complexity index is 1020. The molecule has 0 unspecified atom stereocenters. The van der Waals surface area contributed by atoms with Crippen LogP contribution in [0.2, 0.25) is 5.02 Å². The Morgan fingerprint density at radius 1 is 1.10 bits per heavy atom. The molecular formula is C18H12ClF3N2O4S. The van der Waals surface area contributed by atoms with Crippen LogP contribution in [0.4, 0.5) is 23.9 Å². The third-order valence-corrected chi connectivity index (χ3v) is 4.63. The molecule has 2 heterocycles. The van der Waals surface area contributed by atoms with Crippen molar-refractivity contribution in [1.82, 2.24) is 0 Å². The Morgan fingerprint density at radius 2 is 1.90 bits per heavy atom. The summed E-state index contributed by atoms with van der Waals surface area (Å²) < 4.78 is 46.9. The minimum absolute atomic E-state index is 0.0127. The summed E-state index contributed by atoms with van der Waals surface area (Å²) in [5.74, 6) is -1.16. The zero-order chi connectivity index (χ0) is 21.0. The van der Waals surface area contributed by atoms with Gasteiger partial charge in [-0.2, -0.15) is 13.2 Å². The maximum Gasteiger partial charge on any atom is 0.422 e. The van der Waals surface area contributed by atoms with E-state index in [4.69, 9.17) is 20.8 Å². The lowest BCUT2D eigenvalue weighted by Gasteiger charge is -2.14. The summed E-state index contributed by atoms with van der Waals surface area (Å²) in [6, 6.07) is 9.86. The normalized spacial score (nSPS) is 11.2. The summed E-state index contributed by atoms with van der Waals surface area (Å²) in [6.07, 6.45) is -3.18. The topological polar surface area (TPSA) is 80.6 Å². The number of hydrogen-bond acceptors (Lipinski definition) is 5. The quantitative estimate of drug-likeness (QED) is 0.530. The summed E-state index contributed by atoms with van der Waals surface area (Å²) >= 11 is 6.84. The first-order valence-corrected chi connectivity index (χ1v) is 9.16. The second-order valence-electron chi connectivity index (χ2n) is 5.59. The van der Waals surface area contributed by atoms with Gasteiger partial charge in [0.05, 0.1) is 21.8 Å². The van der Waals surface area contributed by atoms with E-state index in [0.29, 0.717) is 5.00 Å². The Labute approximate surface area is 171 Å². The molecule has 0 atom stereocenters. The van der Waals surface area contributed by atoms with Gasteiger partial charge in [-0.1, -0.05) is 11.6 Å². The third kappa shape index (κ3) is 5.75. The van der Waals surface area contributed by atoms with Gasteiger partial charge in [0.25, 0.3) is 11.8 Å². The minimum Gasteiger partial charge on any atom is -0.482 e. The highest BCUT2D eigenvalue weighted by molar-refractivity contribution is 7.18. The fraction of sp³-hybridized carbons (Fsp3) is 0.111. The van der Waals surface area contributed by atoms with Crippen LogP contribution in [-0.2, 0) is 0 Å². The van der Waals surface area contributed by atoms with Gasteiger partial charge in [-0.05, 0) is 42.5 Å². The van der Waals surface area contributed by atoms with E-state index in [1.54, 1.807) is 6.07 Å². The Hall–Kier alpha value is -2.98. The second-order valence-corrected chi connectivity index (χ2v) is 7.11. The molecule has 0 aliphatic carbocycles. The maximum absolute atomic E-state index is 12.5. The molecule has 0 bridgehead atoms. The van der Waals surface area contributed by atoms with Gasteiger partial charge in [0.15, 0.2) is 12.4 Å². The fourth-order valence-electron chi connectivity index (χ4n) is 2.18. The predicted octanol–water partition coefficient (Wildman–Crippen LogP) is 5.44. The van der Waals surface area contributed by atoms with Gasteiger partial charge in [-0.25, -0.2) is 0 Å². The predicted molar refractivity (Wildman–Crippen MR) is 102 cm³/mol. The average Bonchev–Trinajstić information content (AvgIpc) is 3.32. The molecule has 2 N–H and O–H groups in total. The smallest absolute Gasteiger partial charge is 0.422 e. The van der Waals surface area contributed by atoms with E-state index in [2.05, 4.69) is 10.6 Å². The van der Waals surface area contributed by atoms with E-state index in [0.717, 1.165) is 11.3 Å². The molecule has 3 rings (SSSR count). The van der Waals surface area contributed by atoms with Gasteiger partial charge in [0.1, 0.15) is 5.75 Å². The summed E-state index contributed by atoms with van der Waals surface area (Å²) in [5.41, 5.74) is -0.0127. The molecule has 0 saturated heterocycles. The van der Waals surface area contributed by atoms with Crippen LogP contribution in [0.25, 0.3) is 0 Å². The number of ether oxygens (including phenoxy) is 1. The summed E-state index contributed by atoms with van der Waals surface area (Å²) in [7, 11) is 0. The molecular weight excluding hydrogens is 433 g/mol. The molecule has 0 fully saturated rings. The zero-order valence-electron chi connectivity index (χ0n) is 14.4. The van der Waals surface area contributed by atoms with E-state index < -0.39 is 24.6 Å². The van der Waals surface area contributed by atoms with Crippen molar-refractivity contribution in [2.75, 3.05) is 17.2 Å². The van der Waals surface area contributed by atoms with Crippen LogP contribution in [-0.4, -0.2) is 24.6 Å². The third-order valence-electron chi connectivity index (χ3n) is 3.39. The summed E-state index contributed by atoms with van der Waals surface area (Å²) in [5, 5.41) is 5.63. The Morgan fingerprint density at radius 3 is 2.59 bits per heavy atom. The molecule has 6 nitrogen and oxygen atoms in total.